The number of hydrogen-bond donors (Lipinski definition) is 0. The smallest absolute Gasteiger partial charge is 0.139 e. The molecule has 1 nitrogen and oxygen atoms in total. The summed E-state index contributed by atoms with van der Waals surface area (Å²) >= 11 is 21.0. The van der Waals surface area contributed by atoms with E-state index in [9.17, 15) is 0 Å². The van der Waals surface area contributed by atoms with Crippen molar-refractivity contribution >= 4 is 46.1 Å². The lowest BCUT2D eigenvalue weighted by Gasteiger charge is -2.13. The number of rotatable bonds is 4. The Kier molecular flexibility index (Phi) is 4.70. The van der Waals surface area contributed by atoms with Crippen LogP contribution in [0.25, 0.3) is 0 Å². The molecule has 0 bridgehead atoms. The molecular weight excluding hydrogens is 347 g/mol. The molecule has 0 radical (unpaired) electrons. The lowest BCUT2D eigenvalue weighted by Crippen LogP contribution is -1.96. The second-order valence-electron chi connectivity index (χ2n) is 5.05. The maximum atomic E-state index is 6.63. The van der Waals surface area contributed by atoms with E-state index >= 15 is 0 Å². The first kappa shape index (κ1) is 15.5. The highest BCUT2D eigenvalue weighted by atomic mass is 35.5. The maximum absolute atomic E-state index is 6.63. The van der Waals surface area contributed by atoms with E-state index in [0.717, 1.165) is 16.9 Å². The highest BCUT2D eigenvalue weighted by Crippen LogP contribution is 2.43. The fraction of sp³-hybridized carbons (Fsp3) is 0.375. The maximum Gasteiger partial charge on any atom is 0.139 e. The van der Waals surface area contributed by atoms with Crippen molar-refractivity contribution in [2.45, 2.75) is 31.6 Å². The Hall–Kier alpha value is -0.410. The summed E-state index contributed by atoms with van der Waals surface area (Å²) < 4.78 is 5.45. The van der Waals surface area contributed by atoms with Gasteiger partial charge in [0.2, 0.25) is 0 Å². The van der Waals surface area contributed by atoms with E-state index in [1.165, 1.54) is 23.3 Å². The van der Waals surface area contributed by atoms with E-state index in [4.69, 9.17) is 39.5 Å². The van der Waals surface area contributed by atoms with Gasteiger partial charge in [0.1, 0.15) is 5.75 Å². The van der Waals surface area contributed by atoms with Crippen LogP contribution in [-0.2, 0) is 12.8 Å². The molecule has 21 heavy (non-hydrogen) atoms. The van der Waals surface area contributed by atoms with Crippen molar-refractivity contribution in [1.29, 1.82) is 0 Å². The average Bonchev–Trinajstić information content (AvgIpc) is 3.03. The summed E-state index contributed by atoms with van der Waals surface area (Å²) in [4.78, 5) is 2.60. The van der Waals surface area contributed by atoms with Crippen LogP contribution in [0.1, 0.15) is 39.6 Å². The SMILES string of the molecule is CCOc1cc(Cl)c(C(Cl)c2cc3c(s2)CCC3)cc1Cl. The van der Waals surface area contributed by atoms with E-state index < -0.39 is 0 Å². The largest absolute Gasteiger partial charge is 0.492 e. The van der Waals surface area contributed by atoms with Gasteiger partial charge in [0.15, 0.2) is 0 Å². The van der Waals surface area contributed by atoms with Crippen molar-refractivity contribution in [3.05, 3.63) is 49.1 Å². The third-order valence-electron chi connectivity index (χ3n) is 3.64. The highest BCUT2D eigenvalue weighted by molar-refractivity contribution is 7.12. The number of aryl methyl sites for hydroxylation is 2. The van der Waals surface area contributed by atoms with Crippen LogP contribution < -0.4 is 4.74 Å². The van der Waals surface area contributed by atoms with Gasteiger partial charge in [-0.1, -0.05) is 23.2 Å². The first-order valence-corrected chi connectivity index (χ1v) is 8.98. The molecule has 0 amide bonds. The van der Waals surface area contributed by atoms with Crippen LogP contribution >= 0.6 is 46.1 Å². The summed E-state index contributed by atoms with van der Waals surface area (Å²) in [6, 6.07) is 5.78. The molecule has 1 aromatic carbocycles. The summed E-state index contributed by atoms with van der Waals surface area (Å²) in [6.45, 7) is 2.47. The number of benzene rings is 1. The number of halogens is 3. The summed E-state index contributed by atoms with van der Waals surface area (Å²) in [6.07, 6.45) is 3.58. The Morgan fingerprint density at radius 2 is 2.00 bits per heavy atom. The summed E-state index contributed by atoms with van der Waals surface area (Å²) in [7, 11) is 0. The monoisotopic (exact) mass is 360 g/mol. The Morgan fingerprint density at radius 3 is 2.71 bits per heavy atom. The molecule has 0 saturated heterocycles. The fourth-order valence-electron chi connectivity index (χ4n) is 2.63. The molecule has 1 aliphatic carbocycles. The number of fused-ring (bicyclic) bond motifs is 1. The first-order chi connectivity index (χ1) is 10.1. The molecule has 1 aromatic heterocycles. The minimum absolute atomic E-state index is 0.263. The summed E-state index contributed by atoms with van der Waals surface area (Å²) in [5.41, 5.74) is 2.28. The van der Waals surface area contributed by atoms with Crippen molar-refractivity contribution in [3.8, 4) is 5.75 Å². The molecule has 0 saturated carbocycles. The van der Waals surface area contributed by atoms with Crippen LogP contribution in [0, 0.1) is 0 Å². The Balaban J connectivity index is 1.93. The Labute approximate surface area is 143 Å². The predicted octanol–water partition coefficient (Wildman–Crippen LogP) is 6.27. The number of hydrogen-bond acceptors (Lipinski definition) is 2. The van der Waals surface area contributed by atoms with Gasteiger partial charge in [-0.25, -0.2) is 0 Å². The van der Waals surface area contributed by atoms with Gasteiger partial charge in [-0.15, -0.1) is 22.9 Å². The second-order valence-corrected chi connectivity index (χ2v) is 7.47. The van der Waals surface area contributed by atoms with Crippen LogP contribution in [0.3, 0.4) is 0 Å². The van der Waals surface area contributed by atoms with Gasteiger partial charge in [0.25, 0.3) is 0 Å². The van der Waals surface area contributed by atoms with E-state index in [-0.39, 0.29) is 5.38 Å². The van der Waals surface area contributed by atoms with Crippen molar-refractivity contribution in [2.75, 3.05) is 6.61 Å². The standard InChI is InChI=1S/C16H15Cl3OS/c1-2-20-13-8-11(17)10(7-12(13)18)16(19)15-6-9-4-3-5-14(9)21-15/h6-8,16H,2-5H2,1H3. The topological polar surface area (TPSA) is 9.23 Å². The number of thiophene rings is 1. The zero-order valence-electron chi connectivity index (χ0n) is 11.6. The van der Waals surface area contributed by atoms with Gasteiger partial charge in [-0.05, 0) is 49.4 Å². The van der Waals surface area contributed by atoms with Crippen molar-refractivity contribution < 1.29 is 4.74 Å². The highest BCUT2D eigenvalue weighted by Gasteiger charge is 2.22. The minimum atomic E-state index is -0.263. The molecule has 0 spiro atoms. The number of alkyl halides is 1. The van der Waals surface area contributed by atoms with Crippen molar-refractivity contribution in [1.82, 2.24) is 0 Å². The second kappa shape index (κ2) is 6.37. The summed E-state index contributed by atoms with van der Waals surface area (Å²) in [5.74, 6) is 0.602. The molecule has 2 aromatic rings. The van der Waals surface area contributed by atoms with E-state index in [0.29, 0.717) is 22.4 Å². The minimum Gasteiger partial charge on any atom is -0.492 e. The molecule has 112 valence electrons. The molecule has 1 unspecified atom stereocenters. The van der Waals surface area contributed by atoms with Crippen molar-refractivity contribution in [3.63, 3.8) is 0 Å². The molecule has 0 aliphatic heterocycles. The quantitative estimate of drug-likeness (QED) is 0.583. The molecule has 5 heteroatoms. The molecule has 1 heterocycles. The number of ether oxygens (including phenoxy) is 1. The third kappa shape index (κ3) is 3.05. The summed E-state index contributed by atoms with van der Waals surface area (Å²) in [5, 5.41) is 0.878. The van der Waals surface area contributed by atoms with Crippen LogP contribution in [0.15, 0.2) is 18.2 Å². The van der Waals surface area contributed by atoms with Gasteiger partial charge >= 0.3 is 0 Å². The van der Waals surface area contributed by atoms with Crippen molar-refractivity contribution in [2.24, 2.45) is 0 Å². The lowest BCUT2D eigenvalue weighted by molar-refractivity contribution is 0.340. The third-order valence-corrected chi connectivity index (χ3v) is 6.16. The average molecular weight is 362 g/mol. The fourth-order valence-corrected chi connectivity index (χ4v) is 4.81. The zero-order chi connectivity index (χ0) is 15.0. The van der Waals surface area contributed by atoms with Gasteiger partial charge < -0.3 is 4.74 Å². The van der Waals surface area contributed by atoms with Crippen LogP contribution in [0.2, 0.25) is 10.0 Å². The van der Waals surface area contributed by atoms with Crippen LogP contribution in [-0.4, -0.2) is 6.61 Å². The van der Waals surface area contributed by atoms with E-state index in [2.05, 4.69) is 6.07 Å². The molecule has 0 fully saturated rings. The van der Waals surface area contributed by atoms with Gasteiger partial charge in [-0.2, -0.15) is 0 Å². The Bertz CT molecular complexity index is 644. The van der Waals surface area contributed by atoms with E-state index in [1.807, 2.05) is 13.0 Å². The zero-order valence-corrected chi connectivity index (χ0v) is 14.7. The van der Waals surface area contributed by atoms with Gasteiger partial charge in [-0.3, -0.25) is 0 Å². The van der Waals surface area contributed by atoms with Gasteiger partial charge in [0, 0.05) is 20.8 Å². The molecule has 1 aliphatic rings. The molecular formula is C16H15Cl3OS. The molecule has 1 atom stereocenters. The lowest BCUT2D eigenvalue weighted by atomic mass is 10.1. The van der Waals surface area contributed by atoms with E-state index in [1.54, 1.807) is 17.4 Å². The molecule has 0 N–H and O–H groups in total. The normalized spacial score (nSPS) is 15.0. The van der Waals surface area contributed by atoms with Crippen LogP contribution in [0.4, 0.5) is 0 Å². The first-order valence-electron chi connectivity index (χ1n) is 6.97. The predicted molar refractivity (Wildman–Crippen MR) is 91.7 cm³/mol. The molecule has 3 rings (SSSR count). The Morgan fingerprint density at radius 1 is 1.19 bits per heavy atom. The van der Waals surface area contributed by atoms with Crippen LogP contribution in [0.5, 0.6) is 5.75 Å². The van der Waals surface area contributed by atoms with Gasteiger partial charge in [0.05, 0.1) is 17.0 Å².